The van der Waals surface area contributed by atoms with Crippen molar-refractivity contribution in [3.05, 3.63) is 65.1 Å². The van der Waals surface area contributed by atoms with Crippen LogP contribution < -0.4 is 0 Å². The minimum absolute atomic E-state index is 0.0284. The van der Waals surface area contributed by atoms with Crippen molar-refractivity contribution in [2.75, 3.05) is 0 Å². The van der Waals surface area contributed by atoms with Crippen LogP contribution in [0.15, 0.2) is 58.4 Å². The molecule has 0 aliphatic carbocycles. The van der Waals surface area contributed by atoms with Crippen LogP contribution in [0.4, 0.5) is 0 Å². The van der Waals surface area contributed by atoms with Gasteiger partial charge in [-0.15, -0.1) is 0 Å². The Hall–Kier alpha value is -2.31. The van der Waals surface area contributed by atoms with Crippen molar-refractivity contribution in [1.29, 1.82) is 0 Å². The number of nitrogens with zero attached hydrogens (tertiary/aromatic N) is 2. The molecule has 0 unspecified atom stereocenters. The van der Waals surface area contributed by atoms with E-state index in [1.54, 1.807) is 18.5 Å². The molecule has 128 valence electrons. The van der Waals surface area contributed by atoms with Crippen molar-refractivity contribution >= 4 is 29.3 Å². The molecule has 2 aromatic heterocycles. The fraction of sp³-hybridized carbons (Fsp3) is 0.167. The second kappa shape index (κ2) is 8.18. The van der Waals surface area contributed by atoms with Gasteiger partial charge in [0, 0.05) is 30.1 Å². The number of carbonyl (C=O) groups is 1. The van der Waals surface area contributed by atoms with Crippen molar-refractivity contribution in [1.82, 2.24) is 9.97 Å². The summed E-state index contributed by atoms with van der Waals surface area (Å²) in [7, 11) is 0. The van der Waals surface area contributed by atoms with Crippen LogP contribution >= 0.6 is 23.4 Å². The number of aliphatic carboxylic acids is 1. The number of carboxylic acid groups (broad SMARTS) is 1. The van der Waals surface area contributed by atoms with Crippen LogP contribution in [0.5, 0.6) is 0 Å². The van der Waals surface area contributed by atoms with E-state index < -0.39 is 5.97 Å². The highest BCUT2D eigenvalue weighted by Gasteiger charge is 2.18. The number of hydrogen-bond donors (Lipinski definition) is 1. The summed E-state index contributed by atoms with van der Waals surface area (Å²) in [5.74, 6) is 0.310. The van der Waals surface area contributed by atoms with Crippen molar-refractivity contribution in [2.24, 2.45) is 0 Å². The van der Waals surface area contributed by atoms with Crippen LogP contribution in [-0.4, -0.2) is 21.0 Å². The molecule has 7 heteroatoms. The van der Waals surface area contributed by atoms with Gasteiger partial charge in [-0.3, -0.25) is 9.78 Å². The normalized spacial score (nSPS) is 10.8. The molecule has 0 atom stereocenters. The number of halogens is 1. The number of aromatic nitrogens is 2. The number of thioether (sulfide) groups is 1. The van der Waals surface area contributed by atoms with Crippen molar-refractivity contribution in [3.63, 3.8) is 0 Å². The molecular weight excluding hydrogens is 360 g/mol. The standard InChI is InChI=1S/C18H15ClN2O3S/c19-14-6-2-1-5-13(14)17-15(7-8-16(22)23)24-18(21-17)25-11-12-4-3-9-20-10-12/h1-6,9-10H,7-8,11H2,(H,22,23). The fourth-order valence-corrected chi connectivity index (χ4v) is 3.28. The zero-order chi connectivity index (χ0) is 17.6. The van der Waals surface area contributed by atoms with Gasteiger partial charge in [-0.2, -0.15) is 0 Å². The summed E-state index contributed by atoms with van der Waals surface area (Å²) in [5.41, 5.74) is 2.39. The van der Waals surface area contributed by atoms with E-state index >= 15 is 0 Å². The maximum atomic E-state index is 10.9. The lowest BCUT2D eigenvalue weighted by Crippen LogP contribution is -1.97. The number of carboxylic acids is 1. The molecule has 5 nitrogen and oxygen atoms in total. The molecule has 3 rings (SSSR count). The van der Waals surface area contributed by atoms with E-state index in [4.69, 9.17) is 21.1 Å². The summed E-state index contributed by atoms with van der Waals surface area (Å²) in [5, 5.41) is 9.99. The Morgan fingerprint density at radius 1 is 1.24 bits per heavy atom. The molecule has 0 fully saturated rings. The SMILES string of the molecule is O=C(O)CCc1oc(SCc2cccnc2)nc1-c1ccccc1Cl. The first-order valence-corrected chi connectivity index (χ1v) is 8.98. The molecule has 0 amide bonds. The lowest BCUT2D eigenvalue weighted by atomic mass is 10.1. The zero-order valence-electron chi connectivity index (χ0n) is 13.2. The van der Waals surface area contributed by atoms with Crippen molar-refractivity contribution in [2.45, 2.75) is 23.8 Å². The van der Waals surface area contributed by atoms with Crippen molar-refractivity contribution < 1.29 is 14.3 Å². The van der Waals surface area contributed by atoms with Gasteiger partial charge in [-0.1, -0.05) is 47.6 Å². The van der Waals surface area contributed by atoms with Crippen LogP contribution in [0, 0.1) is 0 Å². The van der Waals surface area contributed by atoms with Gasteiger partial charge in [-0.05, 0) is 17.7 Å². The lowest BCUT2D eigenvalue weighted by Gasteiger charge is -2.02. The Labute approximate surface area is 154 Å². The van der Waals surface area contributed by atoms with Gasteiger partial charge >= 0.3 is 5.97 Å². The maximum absolute atomic E-state index is 10.9. The van der Waals surface area contributed by atoms with Crippen molar-refractivity contribution in [3.8, 4) is 11.3 Å². The van der Waals surface area contributed by atoms with Gasteiger partial charge < -0.3 is 9.52 Å². The van der Waals surface area contributed by atoms with Gasteiger partial charge in [0.2, 0.25) is 0 Å². The third-order valence-corrected chi connectivity index (χ3v) is 4.69. The molecule has 1 aromatic carbocycles. The molecule has 3 aromatic rings. The van der Waals surface area contributed by atoms with Crippen LogP contribution in [-0.2, 0) is 17.0 Å². The van der Waals surface area contributed by atoms with E-state index in [1.165, 1.54) is 11.8 Å². The summed E-state index contributed by atoms with van der Waals surface area (Å²) >= 11 is 7.70. The highest BCUT2D eigenvalue weighted by molar-refractivity contribution is 7.98. The molecular formula is C18H15ClN2O3S. The number of oxazole rings is 1. The smallest absolute Gasteiger partial charge is 0.303 e. The second-order valence-electron chi connectivity index (χ2n) is 5.28. The van der Waals surface area contributed by atoms with E-state index in [-0.39, 0.29) is 12.8 Å². The van der Waals surface area contributed by atoms with Gasteiger partial charge in [0.1, 0.15) is 11.5 Å². The Bertz CT molecular complexity index is 868. The molecule has 1 N–H and O–H groups in total. The molecule has 0 spiro atoms. The Morgan fingerprint density at radius 2 is 2.08 bits per heavy atom. The average Bonchev–Trinajstić information content (AvgIpc) is 3.02. The Balaban J connectivity index is 1.86. The maximum Gasteiger partial charge on any atom is 0.303 e. The molecule has 0 bridgehead atoms. The van der Waals surface area contributed by atoms with Crippen LogP contribution in [0.2, 0.25) is 5.02 Å². The highest BCUT2D eigenvalue weighted by atomic mass is 35.5. The second-order valence-corrected chi connectivity index (χ2v) is 6.61. The first kappa shape index (κ1) is 17.5. The Kier molecular flexibility index (Phi) is 5.73. The first-order valence-electron chi connectivity index (χ1n) is 7.61. The quantitative estimate of drug-likeness (QED) is 0.604. The van der Waals surface area contributed by atoms with Crippen LogP contribution in [0.25, 0.3) is 11.3 Å². The number of rotatable bonds is 7. The predicted molar refractivity (Wildman–Crippen MR) is 96.7 cm³/mol. The minimum Gasteiger partial charge on any atom is -0.481 e. The largest absolute Gasteiger partial charge is 0.481 e. The third-order valence-electron chi connectivity index (χ3n) is 3.46. The summed E-state index contributed by atoms with van der Waals surface area (Å²) in [4.78, 5) is 19.5. The predicted octanol–water partition coefficient (Wildman–Crippen LogP) is 4.70. The van der Waals surface area contributed by atoms with E-state index in [2.05, 4.69) is 9.97 Å². The Morgan fingerprint density at radius 3 is 2.80 bits per heavy atom. The molecule has 0 aliphatic rings. The van der Waals surface area contributed by atoms with Gasteiger partial charge in [0.25, 0.3) is 5.22 Å². The number of hydrogen-bond acceptors (Lipinski definition) is 5. The summed E-state index contributed by atoms with van der Waals surface area (Å²) < 4.78 is 5.81. The number of pyridine rings is 1. The lowest BCUT2D eigenvalue weighted by molar-refractivity contribution is -0.137. The summed E-state index contributed by atoms with van der Waals surface area (Å²) in [6.45, 7) is 0. The fourth-order valence-electron chi connectivity index (χ4n) is 2.27. The third kappa shape index (κ3) is 4.61. The van der Waals surface area contributed by atoms with Gasteiger partial charge in [0.05, 0.1) is 11.4 Å². The molecule has 0 saturated heterocycles. The van der Waals surface area contributed by atoms with E-state index in [1.807, 2.05) is 30.3 Å². The zero-order valence-corrected chi connectivity index (χ0v) is 14.8. The highest BCUT2D eigenvalue weighted by Crippen LogP contribution is 2.34. The number of aryl methyl sites for hydroxylation is 1. The van der Waals surface area contributed by atoms with Crippen LogP contribution in [0.3, 0.4) is 0 Å². The molecule has 0 aliphatic heterocycles. The van der Waals surface area contributed by atoms with Gasteiger partial charge in [-0.25, -0.2) is 4.98 Å². The minimum atomic E-state index is -0.883. The molecule has 2 heterocycles. The molecule has 25 heavy (non-hydrogen) atoms. The van der Waals surface area contributed by atoms with E-state index in [9.17, 15) is 4.79 Å². The molecule has 0 radical (unpaired) electrons. The van der Waals surface area contributed by atoms with Gasteiger partial charge in [0.15, 0.2) is 0 Å². The van der Waals surface area contributed by atoms with Crippen LogP contribution in [0.1, 0.15) is 17.7 Å². The number of benzene rings is 1. The average molecular weight is 375 g/mol. The topological polar surface area (TPSA) is 76.2 Å². The summed E-state index contributed by atoms with van der Waals surface area (Å²) in [6.07, 6.45) is 3.74. The first-order chi connectivity index (χ1) is 12.1. The van der Waals surface area contributed by atoms with E-state index in [0.29, 0.717) is 27.5 Å². The monoisotopic (exact) mass is 374 g/mol. The summed E-state index contributed by atoms with van der Waals surface area (Å²) in [6, 6.07) is 11.2. The van der Waals surface area contributed by atoms with E-state index in [0.717, 1.165) is 11.1 Å². The molecule has 0 saturated carbocycles.